The third-order valence-corrected chi connectivity index (χ3v) is 5.80. The van der Waals surface area contributed by atoms with Crippen LogP contribution in [-0.4, -0.2) is 52.9 Å². The van der Waals surface area contributed by atoms with Crippen LogP contribution >= 0.6 is 23.2 Å². The average Bonchev–Trinajstić information content (AvgIpc) is 3.07. The fourth-order valence-corrected chi connectivity index (χ4v) is 4.07. The van der Waals surface area contributed by atoms with E-state index in [2.05, 4.69) is 27.0 Å². The zero-order chi connectivity index (χ0) is 21.1. The van der Waals surface area contributed by atoms with Crippen LogP contribution in [0.1, 0.15) is 12.6 Å². The van der Waals surface area contributed by atoms with Crippen LogP contribution in [0, 0.1) is 0 Å². The van der Waals surface area contributed by atoms with Crippen molar-refractivity contribution in [1.29, 1.82) is 0 Å². The lowest BCUT2D eigenvalue weighted by atomic mass is 10.2. The van der Waals surface area contributed by atoms with Crippen molar-refractivity contribution in [3.05, 3.63) is 64.5 Å². The summed E-state index contributed by atoms with van der Waals surface area (Å²) in [6.45, 7) is 7.04. The summed E-state index contributed by atoms with van der Waals surface area (Å²) in [5.74, 6) is -0.257. The van der Waals surface area contributed by atoms with Gasteiger partial charge in [-0.3, -0.25) is 9.20 Å². The smallest absolute Gasteiger partial charge is 0.248 e. The van der Waals surface area contributed by atoms with Crippen molar-refractivity contribution in [3.63, 3.8) is 0 Å². The second-order valence-electron chi connectivity index (χ2n) is 7.12. The number of amides is 1. The van der Waals surface area contributed by atoms with Gasteiger partial charge in [0.25, 0.3) is 0 Å². The second kappa shape index (κ2) is 9.08. The number of pyridine rings is 1. The van der Waals surface area contributed by atoms with E-state index in [9.17, 15) is 4.79 Å². The highest BCUT2D eigenvalue weighted by Crippen LogP contribution is 2.30. The molecule has 1 aliphatic rings. The topological polar surface area (TPSA) is 52.9 Å². The molecule has 4 rings (SSSR count). The van der Waals surface area contributed by atoms with E-state index in [1.165, 1.54) is 6.08 Å². The molecule has 1 N–H and O–H groups in total. The number of imidazole rings is 1. The van der Waals surface area contributed by atoms with Gasteiger partial charge in [0.05, 0.1) is 17.1 Å². The number of likely N-dealkylation sites (N-methyl/N-ethyl adjacent to an activating group) is 1. The fraction of sp³-hybridized carbons (Fsp3) is 0.273. The number of rotatable bonds is 5. The number of carbonyl (C=O) groups excluding carboxylic acids is 1. The first-order valence-corrected chi connectivity index (χ1v) is 10.7. The molecule has 156 valence electrons. The number of piperazine rings is 1. The van der Waals surface area contributed by atoms with E-state index in [4.69, 9.17) is 23.2 Å². The minimum Gasteiger partial charge on any atom is -0.367 e. The van der Waals surface area contributed by atoms with Crippen molar-refractivity contribution in [2.75, 3.05) is 42.9 Å². The summed E-state index contributed by atoms with van der Waals surface area (Å²) in [5.41, 5.74) is 3.06. The number of anilines is 2. The van der Waals surface area contributed by atoms with Gasteiger partial charge in [-0.2, -0.15) is 0 Å². The molecule has 0 radical (unpaired) electrons. The monoisotopic (exact) mass is 443 g/mol. The molecule has 0 bridgehead atoms. The SMILES string of the molecule is CCN1CCN(c2ccc(Cl)cc2NC(=O)/C=C/c2c(Cl)nc3ccccn23)CC1. The fourth-order valence-electron chi connectivity index (χ4n) is 3.65. The third-order valence-electron chi connectivity index (χ3n) is 5.29. The van der Waals surface area contributed by atoms with Crippen molar-refractivity contribution in [1.82, 2.24) is 14.3 Å². The lowest BCUT2D eigenvalue weighted by molar-refractivity contribution is -0.111. The van der Waals surface area contributed by atoms with Crippen LogP contribution in [0.5, 0.6) is 0 Å². The van der Waals surface area contributed by atoms with Gasteiger partial charge in [0.15, 0.2) is 5.15 Å². The molecular formula is C22H23Cl2N5O. The number of hydrogen-bond acceptors (Lipinski definition) is 4. The highest BCUT2D eigenvalue weighted by Gasteiger charge is 2.19. The minimum atomic E-state index is -0.257. The van der Waals surface area contributed by atoms with Crippen molar-refractivity contribution < 1.29 is 4.79 Å². The standard InChI is InChI=1S/C22H23Cl2N5O/c1-2-27-11-13-28(14-12-27)18-7-6-16(23)15-17(18)25-21(30)9-8-19-22(24)26-20-5-3-4-10-29(19)20/h3-10,15H,2,11-14H2,1H3,(H,25,30)/b9-8+. The molecule has 1 saturated heterocycles. The molecule has 3 heterocycles. The van der Waals surface area contributed by atoms with Gasteiger partial charge in [-0.15, -0.1) is 0 Å². The number of benzene rings is 1. The Morgan fingerprint density at radius 1 is 1.17 bits per heavy atom. The molecule has 1 aliphatic heterocycles. The summed E-state index contributed by atoms with van der Waals surface area (Å²) < 4.78 is 1.84. The summed E-state index contributed by atoms with van der Waals surface area (Å²) in [7, 11) is 0. The quantitative estimate of drug-likeness (QED) is 0.592. The number of hydrogen-bond donors (Lipinski definition) is 1. The molecule has 0 unspecified atom stereocenters. The second-order valence-corrected chi connectivity index (χ2v) is 7.92. The summed E-state index contributed by atoms with van der Waals surface area (Å²) in [6.07, 6.45) is 4.99. The van der Waals surface area contributed by atoms with E-state index in [0.717, 1.165) is 44.1 Å². The summed E-state index contributed by atoms with van der Waals surface area (Å²) in [6, 6.07) is 11.2. The van der Waals surface area contributed by atoms with Gasteiger partial charge in [0.1, 0.15) is 5.65 Å². The molecule has 1 amide bonds. The van der Waals surface area contributed by atoms with E-state index < -0.39 is 0 Å². The molecule has 2 aromatic heterocycles. The third kappa shape index (κ3) is 4.46. The first kappa shape index (κ1) is 20.7. The Kier molecular flexibility index (Phi) is 6.27. The van der Waals surface area contributed by atoms with Crippen LogP contribution in [0.2, 0.25) is 10.2 Å². The Balaban J connectivity index is 1.52. The van der Waals surface area contributed by atoms with Crippen LogP contribution in [0.25, 0.3) is 11.7 Å². The molecular weight excluding hydrogens is 421 g/mol. The van der Waals surface area contributed by atoms with Gasteiger partial charge in [-0.25, -0.2) is 4.98 Å². The first-order chi connectivity index (χ1) is 14.5. The Morgan fingerprint density at radius 3 is 2.73 bits per heavy atom. The largest absolute Gasteiger partial charge is 0.367 e. The van der Waals surface area contributed by atoms with Crippen LogP contribution in [-0.2, 0) is 4.79 Å². The molecule has 1 aromatic carbocycles. The lowest BCUT2D eigenvalue weighted by Gasteiger charge is -2.36. The molecule has 0 atom stereocenters. The van der Waals surface area contributed by atoms with Gasteiger partial charge in [-0.1, -0.05) is 36.2 Å². The molecule has 0 spiro atoms. The van der Waals surface area contributed by atoms with Crippen LogP contribution in [0.4, 0.5) is 11.4 Å². The predicted molar refractivity (Wildman–Crippen MR) is 124 cm³/mol. The first-order valence-electron chi connectivity index (χ1n) is 9.93. The minimum absolute atomic E-state index is 0.257. The van der Waals surface area contributed by atoms with Crippen molar-refractivity contribution in [2.24, 2.45) is 0 Å². The normalized spacial score (nSPS) is 15.2. The van der Waals surface area contributed by atoms with Crippen molar-refractivity contribution in [3.8, 4) is 0 Å². The molecule has 3 aromatic rings. The highest BCUT2D eigenvalue weighted by molar-refractivity contribution is 6.31. The van der Waals surface area contributed by atoms with Gasteiger partial charge < -0.3 is 15.1 Å². The number of aromatic nitrogens is 2. The van der Waals surface area contributed by atoms with E-state index >= 15 is 0 Å². The summed E-state index contributed by atoms with van der Waals surface area (Å²) >= 11 is 12.4. The van der Waals surface area contributed by atoms with E-state index in [1.54, 1.807) is 12.1 Å². The maximum atomic E-state index is 12.7. The van der Waals surface area contributed by atoms with E-state index in [-0.39, 0.29) is 5.91 Å². The average molecular weight is 444 g/mol. The van der Waals surface area contributed by atoms with Crippen molar-refractivity contribution >= 4 is 52.2 Å². The summed E-state index contributed by atoms with van der Waals surface area (Å²) in [4.78, 5) is 21.6. The van der Waals surface area contributed by atoms with E-state index in [1.807, 2.05) is 40.9 Å². The number of fused-ring (bicyclic) bond motifs is 1. The number of halogens is 2. The molecule has 8 heteroatoms. The molecule has 6 nitrogen and oxygen atoms in total. The molecule has 30 heavy (non-hydrogen) atoms. The zero-order valence-corrected chi connectivity index (χ0v) is 18.2. The molecule has 0 saturated carbocycles. The molecule has 0 aliphatic carbocycles. The zero-order valence-electron chi connectivity index (χ0n) is 16.7. The lowest BCUT2D eigenvalue weighted by Crippen LogP contribution is -2.46. The number of nitrogens with one attached hydrogen (secondary N) is 1. The number of nitrogens with zero attached hydrogens (tertiary/aromatic N) is 4. The molecule has 1 fully saturated rings. The Morgan fingerprint density at radius 2 is 1.97 bits per heavy atom. The van der Waals surface area contributed by atoms with Crippen molar-refractivity contribution in [2.45, 2.75) is 6.92 Å². The van der Waals surface area contributed by atoms with E-state index in [0.29, 0.717) is 21.6 Å². The number of carbonyl (C=O) groups is 1. The van der Waals surface area contributed by atoms with Gasteiger partial charge >= 0.3 is 0 Å². The van der Waals surface area contributed by atoms with Gasteiger partial charge in [-0.05, 0) is 43.0 Å². The highest BCUT2D eigenvalue weighted by atomic mass is 35.5. The van der Waals surface area contributed by atoms with Crippen LogP contribution in [0.15, 0.2) is 48.7 Å². The van der Waals surface area contributed by atoms with Crippen LogP contribution < -0.4 is 10.2 Å². The maximum absolute atomic E-state index is 12.7. The van der Waals surface area contributed by atoms with Crippen LogP contribution in [0.3, 0.4) is 0 Å². The Hall–Kier alpha value is -2.54. The summed E-state index contributed by atoms with van der Waals surface area (Å²) in [5, 5.41) is 3.89. The van der Waals surface area contributed by atoms with Gasteiger partial charge in [0, 0.05) is 43.5 Å². The Labute approximate surface area is 185 Å². The Bertz CT molecular complexity index is 1090. The predicted octanol–water partition coefficient (Wildman–Crippen LogP) is 4.43. The maximum Gasteiger partial charge on any atom is 0.248 e. The van der Waals surface area contributed by atoms with Gasteiger partial charge in [0.2, 0.25) is 5.91 Å².